The predicted octanol–water partition coefficient (Wildman–Crippen LogP) is 3.37. The first-order valence-corrected chi connectivity index (χ1v) is 6.29. The number of benzene rings is 1. The molecule has 1 aromatic carbocycles. The van der Waals surface area contributed by atoms with Gasteiger partial charge in [0.1, 0.15) is 5.92 Å². The van der Waals surface area contributed by atoms with Gasteiger partial charge in [-0.2, -0.15) is 5.26 Å². The van der Waals surface area contributed by atoms with Crippen molar-refractivity contribution in [3.63, 3.8) is 0 Å². The highest BCUT2D eigenvalue weighted by Crippen LogP contribution is 2.31. The van der Waals surface area contributed by atoms with Gasteiger partial charge in [0, 0.05) is 12.4 Å². The van der Waals surface area contributed by atoms with Crippen molar-refractivity contribution in [2.45, 2.75) is 33.6 Å². The zero-order valence-electron chi connectivity index (χ0n) is 11.7. The first kappa shape index (κ1) is 13.2. The maximum Gasteiger partial charge on any atom is 0.115 e. The molecule has 0 amide bonds. The van der Waals surface area contributed by atoms with Crippen LogP contribution in [0.15, 0.2) is 24.7 Å². The lowest BCUT2D eigenvalue weighted by Gasteiger charge is -2.18. The fourth-order valence-corrected chi connectivity index (χ4v) is 2.42. The summed E-state index contributed by atoms with van der Waals surface area (Å²) in [6.07, 6.45) is 4.93. The van der Waals surface area contributed by atoms with Gasteiger partial charge in [0.05, 0.1) is 18.0 Å². The Morgan fingerprint density at radius 3 is 2.16 bits per heavy atom. The fourth-order valence-electron chi connectivity index (χ4n) is 2.42. The summed E-state index contributed by atoms with van der Waals surface area (Å²) in [4.78, 5) is 8.35. The first-order chi connectivity index (χ1) is 9.06. The van der Waals surface area contributed by atoms with Crippen LogP contribution in [0.1, 0.15) is 39.4 Å². The number of nitriles is 1. The quantitative estimate of drug-likeness (QED) is 0.822. The SMILES string of the molecule is Cc1cc(C)c(C)c(C(C#N)c2cnccn2)c1C. The lowest BCUT2D eigenvalue weighted by Crippen LogP contribution is -2.08. The Labute approximate surface area is 114 Å². The van der Waals surface area contributed by atoms with E-state index in [1.807, 2.05) is 0 Å². The van der Waals surface area contributed by atoms with Crippen LogP contribution in [-0.4, -0.2) is 9.97 Å². The number of aromatic nitrogens is 2. The van der Waals surface area contributed by atoms with Crippen molar-refractivity contribution >= 4 is 0 Å². The third-order valence-electron chi connectivity index (χ3n) is 3.72. The van der Waals surface area contributed by atoms with Gasteiger partial charge >= 0.3 is 0 Å². The molecule has 19 heavy (non-hydrogen) atoms. The van der Waals surface area contributed by atoms with Gasteiger partial charge in [-0.25, -0.2) is 0 Å². The van der Waals surface area contributed by atoms with E-state index in [9.17, 15) is 5.26 Å². The molecule has 2 aromatic rings. The highest BCUT2D eigenvalue weighted by molar-refractivity contribution is 5.50. The normalized spacial score (nSPS) is 11.9. The molecule has 0 aliphatic carbocycles. The van der Waals surface area contributed by atoms with Crippen LogP contribution in [0.4, 0.5) is 0 Å². The molecule has 1 aromatic heterocycles. The van der Waals surface area contributed by atoms with E-state index in [2.05, 4.69) is 49.8 Å². The van der Waals surface area contributed by atoms with Crippen LogP contribution in [0.5, 0.6) is 0 Å². The number of rotatable bonds is 2. The van der Waals surface area contributed by atoms with E-state index in [4.69, 9.17) is 0 Å². The standard InChI is InChI=1S/C16H17N3/c1-10-7-11(2)13(4)16(12(10)3)14(8-17)15-9-18-5-6-19-15/h5-7,9,14H,1-4H3. The maximum absolute atomic E-state index is 9.55. The highest BCUT2D eigenvalue weighted by Gasteiger charge is 2.21. The minimum atomic E-state index is -0.354. The van der Waals surface area contributed by atoms with Crippen LogP contribution >= 0.6 is 0 Å². The molecule has 0 radical (unpaired) electrons. The third kappa shape index (κ3) is 2.34. The van der Waals surface area contributed by atoms with Crippen LogP contribution in [0.3, 0.4) is 0 Å². The molecular formula is C16H17N3. The smallest absolute Gasteiger partial charge is 0.115 e. The summed E-state index contributed by atoms with van der Waals surface area (Å²) in [5, 5.41) is 9.55. The van der Waals surface area contributed by atoms with Gasteiger partial charge in [-0.3, -0.25) is 9.97 Å². The lowest BCUT2D eigenvalue weighted by molar-refractivity contribution is 0.915. The second kappa shape index (κ2) is 5.19. The molecule has 0 fully saturated rings. The van der Waals surface area contributed by atoms with E-state index >= 15 is 0 Å². The zero-order chi connectivity index (χ0) is 14.0. The van der Waals surface area contributed by atoms with Crippen molar-refractivity contribution in [1.82, 2.24) is 9.97 Å². The first-order valence-electron chi connectivity index (χ1n) is 6.29. The van der Waals surface area contributed by atoms with E-state index in [0.29, 0.717) is 5.69 Å². The molecule has 0 saturated carbocycles. The monoisotopic (exact) mass is 251 g/mol. The Kier molecular flexibility index (Phi) is 3.62. The van der Waals surface area contributed by atoms with Gasteiger partial charge in [0.15, 0.2) is 0 Å². The molecule has 0 bridgehead atoms. The molecular weight excluding hydrogens is 234 g/mol. The summed E-state index contributed by atoms with van der Waals surface area (Å²) in [6, 6.07) is 4.53. The summed E-state index contributed by atoms with van der Waals surface area (Å²) in [5.41, 5.74) is 6.53. The van der Waals surface area contributed by atoms with Crippen molar-refractivity contribution < 1.29 is 0 Å². The van der Waals surface area contributed by atoms with E-state index < -0.39 is 0 Å². The number of aryl methyl sites for hydroxylation is 2. The van der Waals surface area contributed by atoms with Crippen molar-refractivity contribution in [2.75, 3.05) is 0 Å². The predicted molar refractivity (Wildman–Crippen MR) is 74.9 cm³/mol. The second-order valence-electron chi connectivity index (χ2n) is 4.87. The second-order valence-corrected chi connectivity index (χ2v) is 4.87. The van der Waals surface area contributed by atoms with Gasteiger partial charge < -0.3 is 0 Å². The third-order valence-corrected chi connectivity index (χ3v) is 3.72. The minimum Gasteiger partial charge on any atom is -0.261 e. The van der Waals surface area contributed by atoms with Crippen LogP contribution in [0, 0.1) is 39.0 Å². The van der Waals surface area contributed by atoms with E-state index in [1.165, 1.54) is 22.3 Å². The summed E-state index contributed by atoms with van der Waals surface area (Å²) in [6.45, 7) is 8.29. The fraction of sp³-hybridized carbons (Fsp3) is 0.312. The van der Waals surface area contributed by atoms with Crippen LogP contribution in [0.25, 0.3) is 0 Å². The minimum absolute atomic E-state index is 0.354. The van der Waals surface area contributed by atoms with Gasteiger partial charge in [-0.15, -0.1) is 0 Å². The van der Waals surface area contributed by atoms with Gasteiger partial charge in [-0.05, 0) is 55.5 Å². The van der Waals surface area contributed by atoms with Crippen molar-refractivity contribution in [3.8, 4) is 6.07 Å². The van der Waals surface area contributed by atoms with Gasteiger partial charge in [0.25, 0.3) is 0 Å². The molecule has 0 N–H and O–H groups in total. The van der Waals surface area contributed by atoms with Crippen LogP contribution in [-0.2, 0) is 0 Å². The summed E-state index contributed by atoms with van der Waals surface area (Å²) < 4.78 is 0. The number of hydrogen-bond acceptors (Lipinski definition) is 3. The molecule has 1 atom stereocenters. The summed E-state index contributed by atoms with van der Waals surface area (Å²) in [5.74, 6) is -0.354. The molecule has 2 rings (SSSR count). The van der Waals surface area contributed by atoms with Crippen LogP contribution < -0.4 is 0 Å². The van der Waals surface area contributed by atoms with E-state index in [0.717, 1.165) is 5.56 Å². The number of nitrogens with zero attached hydrogens (tertiary/aromatic N) is 3. The number of hydrogen-bond donors (Lipinski definition) is 0. The van der Waals surface area contributed by atoms with Crippen molar-refractivity contribution in [1.29, 1.82) is 5.26 Å². The average Bonchev–Trinajstić information content (AvgIpc) is 2.42. The van der Waals surface area contributed by atoms with Gasteiger partial charge in [0.2, 0.25) is 0 Å². The highest BCUT2D eigenvalue weighted by atomic mass is 14.8. The van der Waals surface area contributed by atoms with E-state index in [1.54, 1.807) is 18.6 Å². The molecule has 0 aliphatic rings. The Morgan fingerprint density at radius 1 is 1.05 bits per heavy atom. The molecule has 0 aliphatic heterocycles. The molecule has 0 spiro atoms. The lowest BCUT2D eigenvalue weighted by atomic mass is 9.85. The van der Waals surface area contributed by atoms with Crippen molar-refractivity contribution in [3.05, 3.63) is 58.2 Å². The summed E-state index contributed by atoms with van der Waals surface area (Å²) >= 11 is 0. The average molecular weight is 251 g/mol. The largest absolute Gasteiger partial charge is 0.261 e. The molecule has 0 saturated heterocycles. The Hall–Kier alpha value is -2.21. The Bertz CT molecular complexity index is 613. The summed E-state index contributed by atoms with van der Waals surface area (Å²) in [7, 11) is 0. The van der Waals surface area contributed by atoms with Gasteiger partial charge in [-0.1, -0.05) is 6.07 Å². The molecule has 3 nitrogen and oxygen atoms in total. The Morgan fingerprint density at radius 2 is 1.68 bits per heavy atom. The molecule has 3 heteroatoms. The van der Waals surface area contributed by atoms with Crippen LogP contribution in [0.2, 0.25) is 0 Å². The molecule has 1 unspecified atom stereocenters. The van der Waals surface area contributed by atoms with Crippen molar-refractivity contribution in [2.24, 2.45) is 0 Å². The Balaban J connectivity index is 2.67. The molecule has 1 heterocycles. The topological polar surface area (TPSA) is 49.6 Å². The maximum atomic E-state index is 9.55. The van der Waals surface area contributed by atoms with E-state index in [-0.39, 0.29) is 5.92 Å². The zero-order valence-corrected chi connectivity index (χ0v) is 11.7. The molecule has 96 valence electrons.